The van der Waals surface area contributed by atoms with Crippen molar-refractivity contribution in [3.8, 4) is 45.6 Å². The van der Waals surface area contributed by atoms with Gasteiger partial charge in [0.15, 0.2) is 17.5 Å². The number of pyridine rings is 2. The van der Waals surface area contributed by atoms with Crippen LogP contribution in [0.15, 0.2) is 109 Å². The van der Waals surface area contributed by atoms with Gasteiger partial charge < -0.3 is 5.32 Å². The maximum atomic E-state index is 4.89. The highest BCUT2D eigenvalue weighted by atomic mass is 15.0. The van der Waals surface area contributed by atoms with E-state index in [1.807, 2.05) is 62.4 Å². The molecule has 1 N–H and O–H groups in total. The Kier molecular flexibility index (Phi) is 6.51. The van der Waals surface area contributed by atoms with Gasteiger partial charge in [0.2, 0.25) is 0 Å². The molecule has 0 saturated carbocycles. The molecule has 6 nitrogen and oxygen atoms in total. The van der Waals surface area contributed by atoms with Crippen LogP contribution in [0.2, 0.25) is 0 Å². The van der Waals surface area contributed by atoms with E-state index in [2.05, 4.69) is 76.8 Å². The van der Waals surface area contributed by atoms with Gasteiger partial charge in [0.1, 0.15) is 5.69 Å². The zero-order chi connectivity index (χ0) is 26.8. The molecule has 6 heteroatoms. The third kappa shape index (κ3) is 5.36. The molecule has 2 aromatic carbocycles. The lowest BCUT2D eigenvalue weighted by Crippen LogP contribution is -2.19. The standard InChI is InChI=1S/C33H28N6/c1-21-7-4-10-28(34-21)24-13-17-26(18-14-24)31-37-32(39-33(38-31)30-12-6-9-23(3)36-30)27-19-15-25(16-20-27)29-11-5-8-22(2)35-29/h4-20,28,34H,1-3H3. The second-order valence-electron chi connectivity index (χ2n) is 9.69. The van der Waals surface area contributed by atoms with Crippen LogP contribution in [0.4, 0.5) is 0 Å². The van der Waals surface area contributed by atoms with Gasteiger partial charge in [0.05, 0.1) is 11.7 Å². The van der Waals surface area contributed by atoms with Crippen molar-refractivity contribution >= 4 is 0 Å². The van der Waals surface area contributed by atoms with Gasteiger partial charge >= 0.3 is 0 Å². The summed E-state index contributed by atoms with van der Waals surface area (Å²) in [6.07, 6.45) is 6.31. The quantitative estimate of drug-likeness (QED) is 0.274. The Morgan fingerprint density at radius 3 is 1.69 bits per heavy atom. The fourth-order valence-corrected chi connectivity index (χ4v) is 4.60. The Morgan fingerprint density at radius 1 is 0.538 bits per heavy atom. The fraction of sp³-hybridized carbons (Fsp3) is 0.121. The molecule has 1 aliphatic rings. The lowest BCUT2D eigenvalue weighted by atomic mass is 10.0. The van der Waals surface area contributed by atoms with Gasteiger partial charge in [-0.05, 0) is 56.7 Å². The predicted octanol–water partition coefficient (Wildman–Crippen LogP) is 7.05. The van der Waals surface area contributed by atoms with Gasteiger partial charge in [0, 0.05) is 33.8 Å². The Balaban J connectivity index is 1.39. The molecule has 0 spiro atoms. The minimum absolute atomic E-state index is 0.145. The molecule has 6 rings (SSSR count). The van der Waals surface area contributed by atoms with Gasteiger partial charge in [-0.3, -0.25) is 4.98 Å². The maximum Gasteiger partial charge on any atom is 0.182 e. The molecule has 4 heterocycles. The number of nitrogens with one attached hydrogen (secondary N) is 1. The average Bonchev–Trinajstić information content (AvgIpc) is 2.97. The van der Waals surface area contributed by atoms with Gasteiger partial charge in [-0.25, -0.2) is 19.9 Å². The summed E-state index contributed by atoms with van der Waals surface area (Å²) in [6.45, 7) is 6.04. The van der Waals surface area contributed by atoms with Crippen LogP contribution in [0.1, 0.15) is 29.9 Å². The number of hydrogen-bond acceptors (Lipinski definition) is 6. The molecular formula is C33H28N6. The molecule has 39 heavy (non-hydrogen) atoms. The van der Waals surface area contributed by atoms with Crippen LogP contribution in [0.25, 0.3) is 45.6 Å². The van der Waals surface area contributed by atoms with E-state index in [1.54, 1.807) is 0 Å². The van der Waals surface area contributed by atoms with E-state index in [9.17, 15) is 0 Å². The Hall–Kier alpha value is -4.97. The summed E-state index contributed by atoms with van der Waals surface area (Å²) in [7, 11) is 0. The normalized spacial score (nSPS) is 14.5. The average molecular weight is 509 g/mol. The van der Waals surface area contributed by atoms with Crippen molar-refractivity contribution in [3.05, 3.63) is 126 Å². The van der Waals surface area contributed by atoms with E-state index in [4.69, 9.17) is 15.0 Å². The third-order valence-electron chi connectivity index (χ3n) is 6.64. The number of dihydropyridines is 1. The Morgan fingerprint density at radius 2 is 1.08 bits per heavy atom. The molecule has 0 bridgehead atoms. The van der Waals surface area contributed by atoms with Crippen LogP contribution in [0.3, 0.4) is 0 Å². The van der Waals surface area contributed by atoms with Crippen LogP contribution < -0.4 is 5.32 Å². The van der Waals surface area contributed by atoms with Gasteiger partial charge in [-0.2, -0.15) is 0 Å². The third-order valence-corrected chi connectivity index (χ3v) is 6.64. The zero-order valence-corrected chi connectivity index (χ0v) is 22.1. The van der Waals surface area contributed by atoms with Gasteiger partial charge in [-0.15, -0.1) is 0 Å². The first-order chi connectivity index (χ1) is 19.0. The van der Waals surface area contributed by atoms with Gasteiger partial charge in [-0.1, -0.05) is 72.8 Å². The van der Waals surface area contributed by atoms with E-state index in [0.29, 0.717) is 17.5 Å². The smallest absolute Gasteiger partial charge is 0.182 e. The van der Waals surface area contributed by atoms with Gasteiger partial charge in [0.25, 0.3) is 0 Å². The Labute approximate surface area is 228 Å². The summed E-state index contributed by atoms with van der Waals surface area (Å²) in [5, 5.41) is 3.50. The highest BCUT2D eigenvalue weighted by Gasteiger charge is 2.15. The van der Waals surface area contributed by atoms with Crippen molar-refractivity contribution in [2.45, 2.75) is 26.8 Å². The summed E-state index contributed by atoms with van der Waals surface area (Å²) in [5.74, 6) is 1.76. The molecule has 1 atom stereocenters. The van der Waals surface area contributed by atoms with E-state index in [1.165, 1.54) is 5.56 Å². The zero-order valence-electron chi connectivity index (χ0n) is 22.1. The number of nitrogens with zero attached hydrogens (tertiary/aromatic N) is 5. The molecule has 190 valence electrons. The summed E-state index contributed by atoms with van der Waals surface area (Å²) in [5.41, 5.74) is 8.75. The first kappa shape index (κ1) is 24.4. The monoisotopic (exact) mass is 508 g/mol. The van der Waals surface area contributed by atoms with E-state index >= 15 is 0 Å². The summed E-state index contributed by atoms with van der Waals surface area (Å²) >= 11 is 0. The highest BCUT2D eigenvalue weighted by Crippen LogP contribution is 2.28. The van der Waals surface area contributed by atoms with Crippen LogP contribution >= 0.6 is 0 Å². The van der Waals surface area contributed by atoms with Crippen molar-refractivity contribution < 1.29 is 0 Å². The summed E-state index contributed by atoms with van der Waals surface area (Å²) in [4.78, 5) is 23.9. The van der Waals surface area contributed by atoms with E-state index in [-0.39, 0.29) is 6.04 Å². The number of aromatic nitrogens is 5. The maximum absolute atomic E-state index is 4.89. The van der Waals surface area contributed by atoms with Crippen LogP contribution in [-0.2, 0) is 0 Å². The number of benzene rings is 2. The van der Waals surface area contributed by atoms with Crippen molar-refractivity contribution in [1.29, 1.82) is 0 Å². The number of aryl methyl sites for hydroxylation is 2. The second-order valence-corrected chi connectivity index (χ2v) is 9.69. The molecule has 0 radical (unpaired) electrons. The molecule has 0 aliphatic carbocycles. The van der Waals surface area contributed by atoms with E-state index < -0.39 is 0 Å². The predicted molar refractivity (Wildman–Crippen MR) is 155 cm³/mol. The highest BCUT2D eigenvalue weighted by molar-refractivity contribution is 5.68. The van der Waals surface area contributed by atoms with Crippen LogP contribution in [0, 0.1) is 13.8 Å². The molecule has 3 aromatic heterocycles. The summed E-state index contributed by atoms with van der Waals surface area (Å²) < 4.78 is 0. The lowest BCUT2D eigenvalue weighted by Gasteiger charge is -2.20. The molecule has 0 fully saturated rings. The summed E-state index contributed by atoms with van der Waals surface area (Å²) in [6, 6.07) is 28.6. The van der Waals surface area contributed by atoms with Crippen molar-refractivity contribution in [2.75, 3.05) is 0 Å². The van der Waals surface area contributed by atoms with Crippen molar-refractivity contribution in [2.24, 2.45) is 0 Å². The lowest BCUT2D eigenvalue weighted by molar-refractivity contribution is 0.705. The number of allylic oxidation sites excluding steroid dienone is 3. The Bertz CT molecular complexity index is 1700. The molecule has 5 aromatic rings. The first-order valence-corrected chi connectivity index (χ1v) is 13.0. The molecule has 1 unspecified atom stereocenters. The van der Waals surface area contributed by atoms with Crippen LogP contribution in [0.5, 0.6) is 0 Å². The first-order valence-electron chi connectivity index (χ1n) is 13.0. The molecular weight excluding hydrogens is 480 g/mol. The largest absolute Gasteiger partial charge is 0.378 e. The van der Waals surface area contributed by atoms with E-state index in [0.717, 1.165) is 45.2 Å². The minimum Gasteiger partial charge on any atom is -0.378 e. The van der Waals surface area contributed by atoms with Crippen LogP contribution in [-0.4, -0.2) is 24.9 Å². The molecule has 1 aliphatic heterocycles. The topological polar surface area (TPSA) is 76.5 Å². The second kappa shape index (κ2) is 10.4. The minimum atomic E-state index is 0.145. The number of hydrogen-bond donors (Lipinski definition) is 1. The number of rotatable bonds is 5. The SMILES string of the molecule is CC1=CC=CC(c2ccc(-c3nc(-c4ccc(-c5cccc(C)n5)cc4)nc(-c4cccc(C)n4)n3)cc2)N1. The van der Waals surface area contributed by atoms with Crippen molar-refractivity contribution in [3.63, 3.8) is 0 Å². The molecule has 0 amide bonds. The molecule has 0 saturated heterocycles. The van der Waals surface area contributed by atoms with Crippen molar-refractivity contribution in [1.82, 2.24) is 30.2 Å². The fourth-order valence-electron chi connectivity index (χ4n) is 4.60.